The molecule has 0 saturated heterocycles. The summed E-state index contributed by atoms with van der Waals surface area (Å²) in [6.45, 7) is 2.37. The van der Waals surface area contributed by atoms with Gasteiger partial charge in [-0.2, -0.15) is 0 Å². The minimum absolute atomic E-state index is 0.529. The summed E-state index contributed by atoms with van der Waals surface area (Å²) >= 11 is 0. The van der Waals surface area contributed by atoms with Crippen LogP contribution in [0.2, 0.25) is 0 Å². The zero-order valence-electron chi connectivity index (χ0n) is 5.38. The van der Waals surface area contributed by atoms with E-state index in [0.29, 0.717) is 6.61 Å². The lowest BCUT2D eigenvalue weighted by Gasteiger charge is -2.12. The number of hydrogen-bond donors (Lipinski definition) is 0. The first-order valence-corrected chi connectivity index (χ1v) is 2.36. The summed E-state index contributed by atoms with van der Waals surface area (Å²) in [4.78, 5) is 13.8. The second-order valence-electron chi connectivity index (χ2n) is 1.01. The normalized spacial score (nSPS) is 10.5. The summed E-state index contributed by atoms with van der Waals surface area (Å²) in [7, 11) is 2.92. The van der Waals surface area contributed by atoms with Crippen LogP contribution in [0.25, 0.3) is 0 Å². The molecule has 0 aliphatic carbocycles. The van der Waals surface area contributed by atoms with Crippen LogP contribution in [0.15, 0.2) is 0 Å². The average Bonchev–Trinajstić information content (AvgIpc) is 1.83. The standard InChI is InChI=1S/C4H11NO3/c1-4-8-5(6-2)7-3/h4H2,1-3H3. The van der Waals surface area contributed by atoms with Crippen molar-refractivity contribution in [3.63, 3.8) is 0 Å². The third-order valence-corrected chi connectivity index (χ3v) is 0.533. The van der Waals surface area contributed by atoms with Gasteiger partial charge in [0.15, 0.2) is 0 Å². The molecule has 0 unspecified atom stereocenters. The molecule has 0 saturated carbocycles. The minimum Gasteiger partial charge on any atom is -0.254 e. The lowest BCUT2D eigenvalue weighted by molar-refractivity contribution is -0.509. The quantitative estimate of drug-likeness (QED) is 0.502. The number of hydrogen-bond acceptors (Lipinski definition) is 4. The fourth-order valence-electron chi connectivity index (χ4n) is 0.285. The van der Waals surface area contributed by atoms with Crippen molar-refractivity contribution in [2.75, 3.05) is 20.8 Å². The van der Waals surface area contributed by atoms with E-state index < -0.39 is 0 Å². The van der Waals surface area contributed by atoms with Crippen molar-refractivity contribution in [3.8, 4) is 0 Å². The highest BCUT2D eigenvalue weighted by atomic mass is 17.2. The highest BCUT2D eigenvalue weighted by Gasteiger charge is 1.95. The molecule has 8 heavy (non-hydrogen) atoms. The maximum atomic E-state index is 4.73. The molecule has 0 aliphatic rings. The molecule has 0 amide bonds. The zero-order valence-corrected chi connectivity index (χ0v) is 5.38. The van der Waals surface area contributed by atoms with E-state index in [1.165, 1.54) is 14.2 Å². The molecule has 4 nitrogen and oxygen atoms in total. The second-order valence-corrected chi connectivity index (χ2v) is 1.01. The van der Waals surface area contributed by atoms with Crippen LogP contribution >= 0.6 is 0 Å². The molecule has 50 valence electrons. The predicted molar refractivity (Wildman–Crippen MR) is 27.5 cm³/mol. The first-order valence-electron chi connectivity index (χ1n) is 2.36. The average molecular weight is 121 g/mol. The molecule has 0 rings (SSSR count). The van der Waals surface area contributed by atoms with Crippen LogP contribution in [0.5, 0.6) is 0 Å². The maximum Gasteiger partial charge on any atom is 0.0761 e. The fraction of sp³-hybridized carbons (Fsp3) is 1.00. The van der Waals surface area contributed by atoms with E-state index in [2.05, 4.69) is 9.68 Å². The van der Waals surface area contributed by atoms with Crippen LogP contribution in [0.4, 0.5) is 0 Å². The van der Waals surface area contributed by atoms with E-state index in [9.17, 15) is 0 Å². The lowest BCUT2D eigenvalue weighted by Crippen LogP contribution is -2.20. The number of nitrogens with zero attached hydrogens (tertiary/aromatic N) is 1. The summed E-state index contributed by atoms with van der Waals surface area (Å²) in [5.41, 5.74) is 0. The maximum absolute atomic E-state index is 4.73. The Bertz CT molecular complexity index is 46.5. The van der Waals surface area contributed by atoms with E-state index in [4.69, 9.17) is 4.84 Å². The largest absolute Gasteiger partial charge is 0.254 e. The van der Waals surface area contributed by atoms with Crippen molar-refractivity contribution in [1.82, 2.24) is 5.39 Å². The fourth-order valence-corrected chi connectivity index (χ4v) is 0.285. The summed E-state index contributed by atoms with van der Waals surface area (Å²) < 4.78 is 0. The monoisotopic (exact) mass is 121 g/mol. The highest BCUT2D eigenvalue weighted by Crippen LogP contribution is 1.87. The van der Waals surface area contributed by atoms with Crippen molar-refractivity contribution >= 4 is 0 Å². The van der Waals surface area contributed by atoms with Crippen molar-refractivity contribution in [3.05, 3.63) is 0 Å². The number of rotatable bonds is 4. The predicted octanol–water partition coefficient (Wildman–Crippen LogP) is 0.363. The molecule has 0 spiro atoms. The molecule has 0 aromatic carbocycles. The van der Waals surface area contributed by atoms with Crippen LogP contribution < -0.4 is 0 Å². The Hall–Kier alpha value is -0.160. The van der Waals surface area contributed by atoms with E-state index >= 15 is 0 Å². The minimum atomic E-state index is 0.529. The molecule has 0 aliphatic heterocycles. The summed E-state index contributed by atoms with van der Waals surface area (Å²) in [5.74, 6) is 0. The van der Waals surface area contributed by atoms with Crippen LogP contribution in [-0.4, -0.2) is 26.2 Å². The van der Waals surface area contributed by atoms with Crippen molar-refractivity contribution in [1.29, 1.82) is 0 Å². The van der Waals surface area contributed by atoms with Crippen LogP contribution in [0.1, 0.15) is 6.92 Å². The molecule has 4 heteroatoms. The van der Waals surface area contributed by atoms with Gasteiger partial charge in [0.2, 0.25) is 0 Å². The Balaban J connectivity index is 3.07. The van der Waals surface area contributed by atoms with Gasteiger partial charge in [-0.25, -0.2) is 0 Å². The Morgan fingerprint density at radius 1 is 1.25 bits per heavy atom. The van der Waals surface area contributed by atoms with Gasteiger partial charge in [-0.05, 0) is 6.92 Å². The molecular weight excluding hydrogens is 110 g/mol. The van der Waals surface area contributed by atoms with Crippen LogP contribution in [-0.2, 0) is 14.5 Å². The molecule has 0 atom stereocenters. The third kappa shape index (κ3) is 2.92. The Morgan fingerprint density at radius 3 is 1.88 bits per heavy atom. The molecule has 0 heterocycles. The van der Waals surface area contributed by atoms with Gasteiger partial charge in [-0.15, -0.1) is 0 Å². The molecule has 0 bridgehead atoms. The summed E-state index contributed by atoms with van der Waals surface area (Å²) in [6.07, 6.45) is 0. The van der Waals surface area contributed by atoms with Gasteiger partial charge in [0, 0.05) is 0 Å². The van der Waals surface area contributed by atoms with Crippen LogP contribution in [0.3, 0.4) is 0 Å². The smallest absolute Gasteiger partial charge is 0.0761 e. The topological polar surface area (TPSA) is 30.9 Å². The van der Waals surface area contributed by atoms with Gasteiger partial charge in [-0.1, -0.05) is 0 Å². The first kappa shape index (κ1) is 7.84. The summed E-state index contributed by atoms with van der Waals surface area (Å²) in [6, 6.07) is 0. The SMILES string of the molecule is CCON(OC)OC. The molecule has 0 fully saturated rings. The Labute approximate surface area is 48.8 Å². The van der Waals surface area contributed by atoms with Crippen molar-refractivity contribution in [2.24, 2.45) is 0 Å². The van der Waals surface area contributed by atoms with Crippen molar-refractivity contribution < 1.29 is 14.5 Å². The van der Waals surface area contributed by atoms with Gasteiger partial charge >= 0.3 is 0 Å². The molecule has 0 aromatic rings. The Morgan fingerprint density at radius 2 is 1.75 bits per heavy atom. The second kappa shape index (κ2) is 4.99. The molecule has 0 N–H and O–H groups in total. The molecular formula is C4H11NO3. The van der Waals surface area contributed by atoms with Gasteiger partial charge < -0.3 is 0 Å². The van der Waals surface area contributed by atoms with E-state index in [1.807, 2.05) is 6.92 Å². The summed E-state index contributed by atoms with van der Waals surface area (Å²) in [5, 5.41) is 0.931. The highest BCUT2D eigenvalue weighted by molar-refractivity contribution is 3.95. The van der Waals surface area contributed by atoms with Gasteiger partial charge in [0.1, 0.15) is 0 Å². The van der Waals surface area contributed by atoms with Gasteiger partial charge in [-0.3, -0.25) is 14.5 Å². The van der Waals surface area contributed by atoms with Gasteiger partial charge in [0.05, 0.1) is 26.2 Å². The first-order chi connectivity index (χ1) is 3.85. The third-order valence-electron chi connectivity index (χ3n) is 0.533. The van der Waals surface area contributed by atoms with Gasteiger partial charge in [0.25, 0.3) is 0 Å². The van der Waals surface area contributed by atoms with E-state index in [0.717, 1.165) is 5.39 Å². The van der Waals surface area contributed by atoms with Crippen LogP contribution in [0, 0.1) is 0 Å². The molecule has 0 aromatic heterocycles. The van der Waals surface area contributed by atoms with E-state index in [-0.39, 0.29) is 0 Å². The van der Waals surface area contributed by atoms with Crippen molar-refractivity contribution in [2.45, 2.75) is 6.92 Å². The van der Waals surface area contributed by atoms with E-state index in [1.54, 1.807) is 0 Å². The Kier molecular flexibility index (Phi) is 4.89. The zero-order chi connectivity index (χ0) is 6.41. The lowest BCUT2D eigenvalue weighted by atomic mass is 10.9. The molecule has 0 radical (unpaired) electrons.